The van der Waals surface area contributed by atoms with Gasteiger partial charge in [0.05, 0.1) is 5.56 Å². The fourth-order valence-electron chi connectivity index (χ4n) is 1.11. The molecule has 14 heavy (non-hydrogen) atoms. The predicted molar refractivity (Wildman–Crippen MR) is 35.5 cm³/mol. The van der Waals surface area contributed by atoms with Crippen LogP contribution in [-0.4, -0.2) is 4.98 Å². The van der Waals surface area contributed by atoms with Crippen LogP contribution in [0.25, 0.3) is 0 Å². The average Bonchev–Trinajstić information content (AvgIpc) is 2.27. The molecule has 0 atom stereocenters. The van der Waals surface area contributed by atoms with Crippen LogP contribution in [-0.2, 0) is 12.4 Å². The van der Waals surface area contributed by atoms with Gasteiger partial charge in [-0.15, -0.1) is 0 Å². The number of H-pyrrole nitrogens is 1. The van der Waals surface area contributed by atoms with E-state index in [2.05, 4.69) is 0 Å². The zero-order chi connectivity index (χ0) is 11.1. The van der Waals surface area contributed by atoms with Gasteiger partial charge < -0.3 is 4.98 Å². The number of nitrogens with one attached hydrogen (secondary N) is 1. The maximum Gasteiger partial charge on any atom is 0.431 e. The standard InChI is InChI=1S/C7H5F6N/c1-3-2-14-5(7(11,12)13)4(3)6(8,9)10/h2,14H,1H3. The molecule has 1 heterocycles. The van der Waals surface area contributed by atoms with Gasteiger partial charge in [-0.25, -0.2) is 0 Å². The van der Waals surface area contributed by atoms with Crippen molar-refractivity contribution in [2.75, 3.05) is 0 Å². The summed E-state index contributed by atoms with van der Waals surface area (Å²) in [6.45, 7) is 0.967. The highest BCUT2D eigenvalue weighted by Gasteiger charge is 2.45. The van der Waals surface area contributed by atoms with Crippen molar-refractivity contribution in [2.45, 2.75) is 19.3 Å². The van der Waals surface area contributed by atoms with Gasteiger partial charge >= 0.3 is 12.4 Å². The quantitative estimate of drug-likeness (QED) is 0.641. The first-order chi connectivity index (χ1) is 6.14. The zero-order valence-corrected chi connectivity index (χ0v) is 6.85. The lowest BCUT2D eigenvalue weighted by atomic mass is 10.1. The number of hydrogen-bond acceptors (Lipinski definition) is 0. The van der Waals surface area contributed by atoms with Gasteiger partial charge in [0, 0.05) is 6.20 Å². The Morgan fingerprint density at radius 2 is 1.50 bits per heavy atom. The molecular formula is C7H5F6N. The van der Waals surface area contributed by atoms with Gasteiger partial charge in [-0.3, -0.25) is 0 Å². The van der Waals surface area contributed by atoms with Crippen LogP contribution in [0.5, 0.6) is 0 Å². The first-order valence-electron chi connectivity index (χ1n) is 3.46. The monoisotopic (exact) mass is 217 g/mol. The van der Waals surface area contributed by atoms with Crippen molar-refractivity contribution < 1.29 is 26.3 Å². The molecule has 0 aliphatic rings. The molecule has 1 aromatic rings. The number of aromatic amines is 1. The second-order valence-electron chi connectivity index (χ2n) is 2.72. The minimum atomic E-state index is -5.01. The Morgan fingerprint density at radius 3 is 1.79 bits per heavy atom. The molecule has 1 rings (SSSR count). The third-order valence-electron chi connectivity index (χ3n) is 1.64. The molecule has 1 nitrogen and oxygen atoms in total. The lowest BCUT2D eigenvalue weighted by Crippen LogP contribution is -2.16. The summed E-state index contributed by atoms with van der Waals surface area (Å²) >= 11 is 0. The largest absolute Gasteiger partial charge is 0.431 e. The Labute approximate surface area is 74.7 Å². The number of aromatic nitrogens is 1. The van der Waals surface area contributed by atoms with E-state index >= 15 is 0 Å². The first-order valence-corrected chi connectivity index (χ1v) is 3.46. The highest BCUT2D eigenvalue weighted by molar-refractivity contribution is 5.34. The van der Waals surface area contributed by atoms with Crippen molar-refractivity contribution in [3.63, 3.8) is 0 Å². The molecule has 0 unspecified atom stereocenters. The van der Waals surface area contributed by atoms with Crippen LogP contribution in [0.3, 0.4) is 0 Å². The molecule has 0 bridgehead atoms. The Kier molecular flexibility index (Phi) is 2.29. The lowest BCUT2D eigenvalue weighted by Gasteiger charge is -2.11. The van der Waals surface area contributed by atoms with Gasteiger partial charge in [0.2, 0.25) is 0 Å². The summed E-state index contributed by atoms with van der Waals surface area (Å²) in [5.41, 5.74) is -3.86. The average molecular weight is 217 g/mol. The summed E-state index contributed by atoms with van der Waals surface area (Å²) in [5.74, 6) is 0. The van der Waals surface area contributed by atoms with E-state index in [1.165, 1.54) is 0 Å². The summed E-state index contributed by atoms with van der Waals surface area (Å²) in [4.78, 5) is 1.58. The van der Waals surface area contributed by atoms with Gasteiger partial charge in [0.15, 0.2) is 0 Å². The van der Waals surface area contributed by atoms with Gasteiger partial charge in [0.1, 0.15) is 5.69 Å². The highest BCUT2D eigenvalue weighted by atomic mass is 19.4. The van der Waals surface area contributed by atoms with E-state index in [1.807, 2.05) is 0 Å². The number of halogens is 6. The number of rotatable bonds is 0. The van der Waals surface area contributed by atoms with Crippen LogP contribution in [0, 0.1) is 6.92 Å². The molecule has 0 radical (unpaired) electrons. The molecule has 0 aliphatic carbocycles. The van der Waals surface area contributed by atoms with E-state index in [0.29, 0.717) is 6.20 Å². The van der Waals surface area contributed by atoms with Crippen LogP contribution in [0.1, 0.15) is 16.8 Å². The highest BCUT2D eigenvalue weighted by Crippen LogP contribution is 2.41. The number of alkyl halides is 6. The number of hydrogen-bond donors (Lipinski definition) is 1. The SMILES string of the molecule is Cc1c[nH]c(C(F)(F)F)c1C(F)(F)F. The third-order valence-corrected chi connectivity index (χ3v) is 1.64. The molecule has 7 heteroatoms. The third kappa shape index (κ3) is 1.85. The minimum absolute atomic E-state index is 0.468. The van der Waals surface area contributed by atoms with Crippen molar-refractivity contribution >= 4 is 0 Å². The van der Waals surface area contributed by atoms with Gasteiger partial charge in [-0.1, -0.05) is 0 Å². The van der Waals surface area contributed by atoms with E-state index in [0.717, 1.165) is 6.92 Å². The topological polar surface area (TPSA) is 15.8 Å². The smallest absolute Gasteiger partial charge is 0.357 e. The molecule has 1 N–H and O–H groups in total. The Bertz CT molecular complexity index is 331. The van der Waals surface area contributed by atoms with Crippen LogP contribution in [0.15, 0.2) is 6.20 Å². The second-order valence-corrected chi connectivity index (χ2v) is 2.72. The summed E-state index contributed by atoms with van der Waals surface area (Å²) < 4.78 is 72.6. The molecule has 0 saturated heterocycles. The van der Waals surface area contributed by atoms with Crippen molar-refractivity contribution in [2.24, 2.45) is 0 Å². The van der Waals surface area contributed by atoms with Crippen molar-refractivity contribution in [1.82, 2.24) is 4.98 Å². The maximum absolute atomic E-state index is 12.2. The molecule has 0 spiro atoms. The maximum atomic E-state index is 12.2. The molecule has 0 saturated carbocycles. The van der Waals surface area contributed by atoms with E-state index < -0.39 is 29.2 Å². The van der Waals surface area contributed by atoms with Crippen molar-refractivity contribution in [1.29, 1.82) is 0 Å². The van der Waals surface area contributed by atoms with E-state index in [1.54, 1.807) is 4.98 Å². The van der Waals surface area contributed by atoms with Crippen LogP contribution in [0.4, 0.5) is 26.3 Å². The molecule has 0 amide bonds. The van der Waals surface area contributed by atoms with Gasteiger partial charge in [0.25, 0.3) is 0 Å². The minimum Gasteiger partial charge on any atom is -0.357 e. The van der Waals surface area contributed by atoms with Crippen molar-refractivity contribution in [3.8, 4) is 0 Å². The van der Waals surface area contributed by atoms with E-state index in [-0.39, 0.29) is 0 Å². The normalized spacial score (nSPS) is 13.4. The van der Waals surface area contributed by atoms with Gasteiger partial charge in [-0.05, 0) is 12.5 Å². The van der Waals surface area contributed by atoms with Crippen molar-refractivity contribution in [3.05, 3.63) is 23.0 Å². The van der Waals surface area contributed by atoms with Crippen LogP contribution >= 0.6 is 0 Å². The Balaban J connectivity index is 3.35. The fraction of sp³-hybridized carbons (Fsp3) is 0.429. The molecule has 1 aromatic heterocycles. The second kappa shape index (κ2) is 2.93. The summed E-state index contributed by atoms with van der Waals surface area (Å²) in [5, 5.41) is 0. The lowest BCUT2D eigenvalue weighted by molar-refractivity contribution is -0.164. The molecular weight excluding hydrogens is 212 g/mol. The van der Waals surface area contributed by atoms with E-state index in [4.69, 9.17) is 0 Å². The molecule has 80 valence electrons. The Hall–Kier alpha value is -1.14. The predicted octanol–water partition coefficient (Wildman–Crippen LogP) is 3.36. The zero-order valence-electron chi connectivity index (χ0n) is 6.85. The fourth-order valence-corrected chi connectivity index (χ4v) is 1.11. The first kappa shape index (κ1) is 10.9. The molecule has 0 aliphatic heterocycles. The number of aryl methyl sites for hydroxylation is 1. The molecule has 0 aromatic carbocycles. The van der Waals surface area contributed by atoms with Crippen LogP contribution < -0.4 is 0 Å². The summed E-state index contributed by atoms with van der Waals surface area (Å²) in [6.07, 6.45) is -9.32. The molecule has 0 fully saturated rings. The van der Waals surface area contributed by atoms with Gasteiger partial charge in [-0.2, -0.15) is 26.3 Å². The van der Waals surface area contributed by atoms with Crippen LogP contribution in [0.2, 0.25) is 0 Å². The summed E-state index contributed by atoms with van der Waals surface area (Å²) in [7, 11) is 0. The Morgan fingerprint density at radius 1 is 1.00 bits per heavy atom. The van der Waals surface area contributed by atoms with E-state index in [9.17, 15) is 26.3 Å². The summed E-state index contributed by atoms with van der Waals surface area (Å²) in [6, 6.07) is 0.